The highest BCUT2D eigenvalue weighted by molar-refractivity contribution is 9.10. The number of rotatable bonds is 4. The number of hydrogen-bond donors (Lipinski definition) is 0. The molecule has 0 N–H and O–H groups in total. The molecule has 1 aliphatic carbocycles. The van der Waals surface area contributed by atoms with E-state index < -0.39 is 0 Å². The van der Waals surface area contributed by atoms with Crippen molar-refractivity contribution in [2.45, 2.75) is 27.7 Å². The van der Waals surface area contributed by atoms with Crippen molar-refractivity contribution in [1.82, 2.24) is 0 Å². The number of halogens is 2. The van der Waals surface area contributed by atoms with Crippen molar-refractivity contribution in [3.05, 3.63) is 165 Å². The van der Waals surface area contributed by atoms with E-state index >= 15 is 0 Å². The number of fused-ring (bicyclic) bond motifs is 4. The van der Waals surface area contributed by atoms with Crippen LogP contribution < -0.4 is 0 Å². The molecular formula is C48H34Br2. The van der Waals surface area contributed by atoms with Gasteiger partial charge in [0.15, 0.2) is 0 Å². The summed E-state index contributed by atoms with van der Waals surface area (Å²) in [6.45, 7) is 8.87. The van der Waals surface area contributed by atoms with Gasteiger partial charge >= 0.3 is 0 Å². The third-order valence-electron chi connectivity index (χ3n) is 10.2. The summed E-state index contributed by atoms with van der Waals surface area (Å²) >= 11 is 7.46. The summed E-state index contributed by atoms with van der Waals surface area (Å²) < 4.78 is 2.17. The fourth-order valence-corrected chi connectivity index (χ4v) is 9.24. The molecule has 0 unspecified atom stereocenters. The summed E-state index contributed by atoms with van der Waals surface area (Å²) in [6, 6.07) is 50.1. The van der Waals surface area contributed by atoms with Gasteiger partial charge in [-0.15, -0.1) is 0 Å². The molecule has 0 saturated heterocycles. The maximum atomic E-state index is 3.73. The zero-order valence-electron chi connectivity index (χ0n) is 28.5. The Morgan fingerprint density at radius 1 is 0.320 bits per heavy atom. The molecule has 0 spiro atoms. The van der Waals surface area contributed by atoms with Gasteiger partial charge in [0.25, 0.3) is 0 Å². The van der Waals surface area contributed by atoms with Gasteiger partial charge in [0.1, 0.15) is 0 Å². The first-order valence-corrected chi connectivity index (χ1v) is 18.7. The Kier molecular flexibility index (Phi) is 7.46. The highest BCUT2D eigenvalue weighted by Gasteiger charge is 2.31. The van der Waals surface area contributed by atoms with Gasteiger partial charge in [-0.3, -0.25) is 0 Å². The summed E-state index contributed by atoms with van der Waals surface area (Å²) in [5, 5.41) is 5.17. The molecule has 0 nitrogen and oxygen atoms in total. The van der Waals surface area contributed by atoms with Crippen LogP contribution in [0.4, 0.5) is 0 Å². The van der Waals surface area contributed by atoms with Crippen LogP contribution in [-0.2, 0) is 0 Å². The molecule has 0 radical (unpaired) electrons. The standard InChI is InChI=1S/C48H34Br2/c1-27-18-28(2)21-34(20-27)44-40-15-14-32(31-8-5-10-36(49)24-31)26-43(40)45(35-22-29(3)19-30(4)23-35)47-41-13-7-12-39-38(33-9-6-11-37(50)25-33)16-17-42(46(39)41)48(44)47/h5-26H,1-4H3. The summed E-state index contributed by atoms with van der Waals surface area (Å²) in [4.78, 5) is 0. The Morgan fingerprint density at radius 3 is 1.44 bits per heavy atom. The molecule has 8 aromatic rings. The van der Waals surface area contributed by atoms with E-state index in [4.69, 9.17) is 0 Å². The molecule has 0 fully saturated rings. The lowest BCUT2D eigenvalue weighted by molar-refractivity contribution is 1.38. The lowest BCUT2D eigenvalue weighted by Gasteiger charge is -2.22. The summed E-state index contributed by atoms with van der Waals surface area (Å²) in [6.07, 6.45) is 0. The second-order valence-electron chi connectivity index (χ2n) is 13.9. The van der Waals surface area contributed by atoms with Crippen LogP contribution in [0.3, 0.4) is 0 Å². The second kappa shape index (κ2) is 11.9. The summed E-state index contributed by atoms with van der Waals surface area (Å²) in [5.74, 6) is 0. The average molecular weight is 771 g/mol. The van der Waals surface area contributed by atoms with E-state index in [1.807, 2.05) is 0 Å². The van der Waals surface area contributed by atoms with Crippen LogP contribution in [0.2, 0.25) is 0 Å². The minimum absolute atomic E-state index is 1.08. The van der Waals surface area contributed by atoms with E-state index in [2.05, 4.69) is 193 Å². The molecule has 0 saturated carbocycles. The van der Waals surface area contributed by atoms with Crippen LogP contribution in [0.5, 0.6) is 0 Å². The summed E-state index contributed by atoms with van der Waals surface area (Å²) in [7, 11) is 0. The molecule has 0 bridgehead atoms. The van der Waals surface area contributed by atoms with Crippen LogP contribution in [0, 0.1) is 27.7 Å². The topological polar surface area (TPSA) is 0 Å². The minimum atomic E-state index is 1.08. The maximum absolute atomic E-state index is 3.73. The quantitative estimate of drug-likeness (QED) is 0.167. The zero-order chi connectivity index (χ0) is 34.3. The highest BCUT2D eigenvalue weighted by Crippen LogP contribution is 2.59. The van der Waals surface area contributed by atoms with Gasteiger partial charge < -0.3 is 0 Å². The normalized spacial score (nSPS) is 11.8. The van der Waals surface area contributed by atoms with Crippen molar-refractivity contribution >= 4 is 53.4 Å². The SMILES string of the molecule is Cc1cc(C)cc(-c2c3c(c(-c4cc(C)cc(C)c4)c4cc(-c5cccc(Br)c5)ccc24)-c2cccc4c(-c5cccc(Br)c5)ccc-3c24)c1. The Bertz CT molecular complexity index is 2670. The molecule has 1 aliphatic rings. The number of benzene rings is 8. The van der Waals surface area contributed by atoms with Crippen molar-refractivity contribution in [1.29, 1.82) is 0 Å². The van der Waals surface area contributed by atoms with Crippen LogP contribution in [0.15, 0.2) is 142 Å². The number of hydrogen-bond acceptors (Lipinski definition) is 0. The van der Waals surface area contributed by atoms with Gasteiger partial charge in [-0.1, -0.05) is 157 Å². The van der Waals surface area contributed by atoms with Gasteiger partial charge in [0.2, 0.25) is 0 Å². The molecule has 0 amide bonds. The highest BCUT2D eigenvalue weighted by atomic mass is 79.9. The summed E-state index contributed by atoms with van der Waals surface area (Å²) in [5.41, 5.74) is 20.4. The van der Waals surface area contributed by atoms with Crippen molar-refractivity contribution in [2.24, 2.45) is 0 Å². The van der Waals surface area contributed by atoms with E-state index in [1.54, 1.807) is 0 Å². The Labute approximate surface area is 310 Å². The van der Waals surface area contributed by atoms with Gasteiger partial charge in [-0.25, -0.2) is 0 Å². The van der Waals surface area contributed by atoms with Gasteiger partial charge in [0.05, 0.1) is 0 Å². The third-order valence-corrected chi connectivity index (χ3v) is 11.2. The minimum Gasteiger partial charge on any atom is -0.0610 e. The van der Waals surface area contributed by atoms with E-state index in [-0.39, 0.29) is 0 Å². The molecular weight excluding hydrogens is 736 g/mol. The predicted molar refractivity (Wildman–Crippen MR) is 222 cm³/mol. The smallest absolute Gasteiger partial charge is 0.0181 e. The first-order valence-electron chi connectivity index (χ1n) is 17.1. The van der Waals surface area contributed by atoms with Crippen LogP contribution in [0.25, 0.3) is 88.3 Å². The fraction of sp³-hybridized carbons (Fsp3) is 0.0833. The first-order chi connectivity index (χ1) is 24.2. The molecule has 2 heteroatoms. The van der Waals surface area contributed by atoms with Crippen molar-refractivity contribution < 1.29 is 0 Å². The van der Waals surface area contributed by atoms with Gasteiger partial charge in [-0.05, 0) is 146 Å². The average Bonchev–Trinajstić information content (AvgIpc) is 3.41. The second-order valence-corrected chi connectivity index (χ2v) is 15.8. The Hall–Kier alpha value is -4.76. The van der Waals surface area contributed by atoms with Gasteiger partial charge in [0, 0.05) is 8.95 Å². The van der Waals surface area contributed by atoms with Crippen molar-refractivity contribution in [3.63, 3.8) is 0 Å². The number of aryl methyl sites for hydroxylation is 4. The van der Waals surface area contributed by atoms with Crippen molar-refractivity contribution in [3.8, 4) is 66.8 Å². The Morgan fingerprint density at radius 2 is 0.820 bits per heavy atom. The Balaban J connectivity index is 1.49. The van der Waals surface area contributed by atoms with Gasteiger partial charge in [-0.2, -0.15) is 0 Å². The van der Waals surface area contributed by atoms with E-state index in [9.17, 15) is 0 Å². The molecule has 50 heavy (non-hydrogen) atoms. The third kappa shape index (κ3) is 5.08. The largest absolute Gasteiger partial charge is 0.0610 e. The predicted octanol–water partition coefficient (Wildman–Crippen LogP) is 15.1. The van der Waals surface area contributed by atoms with E-state index in [1.165, 1.54) is 111 Å². The molecule has 0 aromatic heterocycles. The van der Waals surface area contributed by atoms with E-state index in [0.717, 1.165) is 8.95 Å². The van der Waals surface area contributed by atoms with E-state index in [0.29, 0.717) is 0 Å². The molecule has 9 rings (SSSR count). The molecule has 0 heterocycles. The molecule has 0 atom stereocenters. The first kappa shape index (κ1) is 31.2. The monoisotopic (exact) mass is 768 g/mol. The molecule has 240 valence electrons. The van der Waals surface area contributed by atoms with Crippen LogP contribution in [0.1, 0.15) is 22.3 Å². The molecule has 0 aliphatic heterocycles. The maximum Gasteiger partial charge on any atom is 0.0181 e. The lowest BCUT2D eigenvalue weighted by atomic mass is 9.81. The van der Waals surface area contributed by atoms with Crippen LogP contribution >= 0.6 is 31.9 Å². The fourth-order valence-electron chi connectivity index (χ4n) is 8.44. The van der Waals surface area contributed by atoms with Crippen molar-refractivity contribution in [2.75, 3.05) is 0 Å². The van der Waals surface area contributed by atoms with Crippen LogP contribution in [-0.4, -0.2) is 0 Å². The lowest BCUT2D eigenvalue weighted by Crippen LogP contribution is -1.96. The molecule has 8 aromatic carbocycles. The zero-order valence-corrected chi connectivity index (χ0v) is 31.6.